The van der Waals surface area contributed by atoms with Gasteiger partial charge in [0.1, 0.15) is 17.5 Å². The lowest BCUT2D eigenvalue weighted by Crippen LogP contribution is -2.47. The van der Waals surface area contributed by atoms with Gasteiger partial charge in [0.25, 0.3) is 5.91 Å². The standard InChI is InChI=1S/C25H27N3O6/c1-15(29)26-13-17-10-16(8-9-20(17)34-18-6-4-3-5-7-18)23(31)27-14-22(30)28-19(24(32)33)11-25(2)12-21(25)28/h3-10,19,21H,11-14H2,1-2H3,(H,26,29)(H,27,31)(H,32,33)/t19-,21-,25+/m0/s1. The van der Waals surface area contributed by atoms with Crippen LogP contribution in [0.4, 0.5) is 0 Å². The van der Waals surface area contributed by atoms with Gasteiger partial charge in [-0.2, -0.15) is 0 Å². The molecule has 0 unspecified atom stereocenters. The number of carboxylic acid groups (broad SMARTS) is 1. The summed E-state index contributed by atoms with van der Waals surface area (Å²) in [6.07, 6.45) is 1.22. The Kier molecular flexibility index (Phi) is 6.28. The van der Waals surface area contributed by atoms with Gasteiger partial charge in [-0.15, -0.1) is 0 Å². The molecule has 2 fully saturated rings. The lowest BCUT2D eigenvalue weighted by Gasteiger charge is -2.24. The molecule has 1 saturated heterocycles. The summed E-state index contributed by atoms with van der Waals surface area (Å²) in [5.74, 6) is -1.04. The van der Waals surface area contributed by atoms with Crippen molar-refractivity contribution >= 4 is 23.7 Å². The quantitative estimate of drug-likeness (QED) is 0.550. The van der Waals surface area contributed by atoms with Crippen LogP contribution in [0.3, 0.4) is 0 Å². The van der Waals surface area contributed by atoms with E-state index in [4.69, 9.17) is 4.74 Å². The lowest BCUT2D eigenvalue weighted by molar-refractivity contribution is -0.149. The van der Waals surface area contributed by atoms with Crippen molar-refractivity contribution in [3.8, 4) is 11.5 Å². The highest BCUT2D eigenvalue weighted by molar-refractivity contribution is 5.97. The number of hydrogen-bond donors (Lipinski definition) is 3. The first-order valence-corrected chi connectivity index (χ1v) is 11.1. The molecule has 2 aliphatic rings. The van der Waals surface area contributed by atoms with Crippen LogP contribution in [0, 0.1) is 5.41 Å². The van der Waals surface area contributed by atoms with Crippen LogP contribution in [0.25, 0.3) is 0 Å². The van der Waals surface area contributed by atoms with Gasteiger partial charge in [0.15, 0.2) is 0 Å². The molecule has 1 aliphatic carbocycles. The van der Waals surface area contributed by atoms with Crippen molar-refractivity contribution in [1.82, 2.24) is 15.5 Å². The molecule has 2 aromatic carbocycles. The predicted molar refractivity (Wildman–Crippen MR) is 122 cm³/mol. The van der Waals surface area contributed by atoms with Crippen molar-refractivity contribution in [3.05, 3.63) is 59.7 Å². The van der Waals surface area contributed by atoms with Crippen molar-refractivity contribution in [2.24, 2.45) is 5.41 Å². The Balaban J connectivity index is 1.45. The molecule has 0 aromatic heterocycles. The van der Waals surface area contributed by atoms with E-state index < -0.39 is 23.8 Å². The van der Waals surface area contributed by atoms with E-state index in [9.17, 15) is 24.3 Å². The summed E-state index contributed by atoms with van der Waals surface area (Å²) in [6.45, 7) is 3.24. The zero-order valence-electron chi connectivity index (χ0n) is 19.0. The molecule has 0 radical (unpaired) electrons. The fourth-order valence-electron chi connectivity index (χ4n) is 4.49. The van der Waals surface area contributed by atoms with Crippen LogP contribution in [0.5, 0.6) is 11.5 Å². The largest absolute Gasteiger partial charge is 0.480 e. The number of carbonyl (C=O) groups is 4. The SMILES string of the molecule is CC(=O)NCc1cc(C(=O)NCC(=O)N2[C@H]3C[C@@]3(C)C[C@H]2C(=O)O)ccc1Oc1ccccc1. The van der Waals surface area contributed by atoms with Crippen LogP contribution >= 0.6 is 0 Å². The number of likely N-dealkylation sites (tertiary alicyclic amines) is 1. The van der Waals surface area contributed by atoms with E-state index in [0.717, 1.165) is 6.42 Å². The Morgan fingerprint density at radius 1 is 1.09 bits per heavy atom. The topological polar surface area (TPSA) is 125 Å². The minimum Gasteiger partial charge on any atom is -0.480 e. The molecule has 0 bridgehead atoms. The summed E-state index contributed by atoms with van der Waals surface area (Å²) in [5.41, 5.74) is 0.744. The molecule has 3 amide bonds. The van der Waals surface area contributed by atoms with Crippen molar-refractivity contribution in [2.75, 3.05) is 6.54 Å². The number of aliphatic carboxylic acids is 1. The number of carbonyl (C=O) groups excluding carboxylic acids is 3. The number of benzene rings is 2. The van der Waals surface area contributed by atoms with Crippen molar-refractivity contribution in [3.63, 3.8) is 0 Å². The number of nitrogens with one attached hydrogen (secondary N) is 2. The van der Waals surface area contributed by atoms with Gasteiger partial charge in [-0.1, -0.05) is 25.1 Å². The zero-order chi connectivity index (χ0) is 24.5. The Hall–Kier alpha value is -3.88. The Labute approximate surface area is 197 Å². The second-order valence-electron chi connectivity index (χ2n) is 9.06. The number of piperidine rings is 1. The lowest BCUT2D eigenvalue weighted by atomic mass is 10.0. The van der Waals surface area contributed by atoms with Crippen LogP contribution < -0.4 is 15.4 Å². The highest BCUT2D eigenvalue weighted by atomic mass is 16.5. The Bertz CT molecular complexity index is 1130. The van der Waals surface area contributed by atoms with Crippen molar-refractivity contribution in [2.45, 2.75) is 45.3 Å². The number of nitrogens with zero attached hydrogens (tertiary/aromatic N) is 1. The van der Waals surface area contributed by atoms with E-state index in [1.807, 2.05) is 25.1 Å². The van der Waals surface area contributed by atoms with Gasteiger partial charge in [-0.05, 0) is 48.6 Å². The van der Waals surface area contributed by atoms with E-state index >= 15 is 0 Å². The van der Waals surface area contributed by atoms with Gasteiger partial charge in [0.05, 0.1) is 6.54 Å². The summed E-state index contributed by atoms with van der Waals surface area (Å²) in [6, 6.07) is 13.0. The number of para-hydroxylation sites is 1. The summed E-state index contributed by atoms with van der Waals surface area (Å²) >= 11 is 0. The minimum atomic E-state index is -1.02. The van der Waals surface area contributed by atoms with Crippen molar-refractivity contribution < 1.29 is 29.0 Å². The van der Waals surface area contributed by atoms with Crippen LogP contribution in [0.2, 0.25) is 0 Å². The Morgan fingerprint density at radius 3 is 2.50 bits per heavy atom. The summed E-state index contributed by atoms with van der Waals surface area (Å²) < 4.78 is 5.90. The number of carboxylic acids is 1. The molecule has 0 spiro atoms. The smallest absolute Gasteiger partial charge is 0.326 e. The molecule has 1 heterocycles. The number of fused-ring (bicyclic) bond motifs is 1. The molecule has 3 N–H and O–H groups in total. The molecular weight excluding hydrogens is 438 g/mol. The first-order chi connectivity index (χ1) is 16.2. The van der Waals surface area contributed by atoms with Gasteiger partial charge in [0, 0.05) is 30.6 Å². The molecular formula is C25H27N3O6. The molecule has 4 rings (SSSR count). The molecule has 3 atom stereocenters. The Morgan fingerprint density at radius 2 is 1.82 bits per heavy atom. The van der Waals surface area contributed by atoms with Gasteiger partial charge >= 0.3 is 5.97 Å². The van der Waals surface area contributed by atoms with E-state index in [1.165, 1.54) is 11.8 Å². The molecule has 2 aromatic rings. The third-order valence-electron chi connectivity index (χ3n) is 6.43. The average Bonchev–Trinajstić information content (AvgIpc) is 3.37. The van der Waals surface area contributed by atoms with Crippen molar-refractivity contribution in [1.29, 1.82) is 0 Å². The van der Waals surface area contributed by atoms with Gasteiger partial charge < -0.3 is 25.4 Å². The maximum atomic E-state index is 12.8. The van der Waals surface area contributed by atoms with E-state index in [2.05, 4.69) is 10.6 Å². The normalized spacial score (nSPS) is 22.5. The molecule has 9 heteroatoms. The molecule has 1 aliphatic heterocycles. The molecule has 1 saturated carbocycles. The van der Waals surface area contributed by atoms with Gasteiger partial charge in [0.2, 0.25) is 11.8 Å². The predicted octanol–water partition coefficient (Wildman–Crippen LogP) is 2.31. The second kappa shape index (κ2) is 9.17. The monoisotopic (exact) mass is 465 g/mol. The third-order valence-corrected chi connectivity index (χ3v) is 6.43. The van der Waals surface area contributed by atoms with E-state index in [0.29, 0.717) is 29.0 Å². The highest BCUT2D eigenvalue weighted by Gasteiger charge is 2.64. The summed E-state index contributed by atoms with van der Waals surface area (Å²) in [5, 5.41) is 14.8. The minimum absolute atomic E-state index is 0.0864. The first-order valence-electron chi connectivity index (χ1n) is 11.1. The van der Waals surface area contributed by atoms with Gasteiger partial charge in [-0.3, -0.25) is 14.4 Å². The fourth-order valence-corrected chi connectivity index (χ4v) is 4.49. The van der Waals surface area contributed by atoms with Crippen LogP contribution in [0.15, 0.2) is 48.5 Å². The zero-order valence-corrected chi connectivity index (χ0v) is 19.0. The summed E-state index contributed by atoms with van der Waals surface area (Å²) in [7, 11) is 0. The number of rotatable bonds is 8. The number of ether oxygens (including phenoxy) is 1. The third kappa shape index (κ3) is 4.88. The van der Waals surface area contributed by atoms with Crippen LogP contribution in [0.1, 0.15) is 42.6 Å². The highest BCUT2D eigenvalue weighted by Crippen LogP contribution is 2.59. The van der Waals surface area contributed by atoms with Gasteiger partial charge in [-0.25, -0.2) is 4.79 Å². The summed E-state index contributed by atoms with van der Waals surface area (Å²) in [4.78, 5) is 49.9. The molecule has 34 heavy (non-hydrogen) atoms. The van der Waals surface area contributed by atoms with Crippen LogP contribution in [-0.2, 0) is 20.9 Å². The maximum Gasteiger partial charge on any atom is 0.326 e. The van der Waals surface area contributed by atoms with E-state index in [-0.39, 0.29) is 30.5 Å². The average molecular weight is 466 g/mol. The second-order valence-corrected chi connectivity index (χ2v) is 9.06. The number of hydrogen-bond acceptors (Lipinski definition) is 5. The van der Waals surface area contributed by atoms with Crippen LogP contribution in [-0.4, -0.2) is 52.3 Å². The maximum absolute atomic E-state index is 12.8. The molecule has 178 valence electrons. The fraction of sp³-hybridized carbons (Fsp3) is 0.360. The van der Waals surface area contributed by atoms with E-state index in [1.54, 1.807) is 30.3 Å². The first kappa shape index (κ1) is 23.3. The number of amides is 3. The molecule has 9 nitrogen and oxygen atoms in total.